The molecule has 6 heteroatoms. The first-order chi connectivity index (χ1) is 7.36. The van der Waals surface area contributed by atoms with Gasteiger partial charge in [-0.25, -0.2) is 0 Å². The van der Waals surface area contributed by atoms with E-state index in [1.807, 2.05) is 0 Å². The minimum atomic E-state index is -1.15. The monoisotopic (exact) mass is 299 g/mol. The van der Waals surface area contributed by atoms with E-state index in [9.17, 15) is 4.79 Å². The number of benzene rings is 1. The maximum absolute atomic E-state index is 11.7. The number of amides is 1. The minimum Gasteiger partial charge on any atom is -0.324 e. The SMILES string of the molecule is C[C@](Cl)(CCl)C(=O)Nc1ccc(Cl)c(Cl)c1. The van der Waals surface area contributed by atoms with Gasteiger partial charge in [0, 0.05) is 5.69 Å². The van der Waals surface area contributed by atoms with Crippen LogP contribution in [-0.2, 0) is 4.79 Å². The molecule has 0 bridgehead atoms. The zero-order valence-corrected chi connectivity index (χ0v) is 11.4. The summed E-state index contributed by atoms with van der Waals surface area (Å²) in [4.78, 5) is 10.5. The Kier molecular flexibility index (Phi) is 4.74. The number of alkyl halides is 2. The van der Waals surface area contributed by atoms with Crippen LogP contribution in [0.3, 0.4) is 0 Å². The fourth-order valence-corrected chi connectivity index (χ4v) is 1.36. The van der Waals surface area contributed by atoms with Crippen molar-refractivity contribution >= 4 is 58.0 Å². The predicted molar refractivity (Wildman–Crippen MR) is 70.1 cm³/mol. The molecule has 16 heavy (non-hydrogen) atoms. The van der Waals surface area contributed by atoms with E-state index in [2.05, 4.69) is 5.32 Å². The zero-order valence-electron chi connectivity index (χ0n) is 8.36. The first kappa shape index (κ1) is 13.9. The number of hydrogen-bond donors (Lipinski definition) is 1. The molecular weight excluding hydrogens is 292 g/mol. The molecule has 1 N–H and O–H groups in total. The van der Waals surface area contributed by atoms with Crippen LogP contribution in [-0.4, -0.2) is 16.7 Å². The van der Waals surface area contributed by atoms with E-state index in [0.717, 1.165) is 0 Å². The van der Waals surface area contributed by atoms with Crippen molar-refractivity contribution < 1.29 is 4.79 Å². The molecule has 0 fully saturated rings. The highest BCUT2D eigenvalue weighted by molar-refractivity contribution is 6.42. The van der Waals surface area contributed by atoms with E-state index in [4.69, 9.17) is 46.4 Å². The lowest BCUT2D eigenvalue weighted by Crippen LogP contribution is -2.36. The third kappa shape index (κ3) is 3.42. The number of nitrogens with one attached hydrogen (secondary N) is 1. The number of hydrogen-bond acceptors (Lipinski definition) is 1. The number of carbonyl (C=O) groups is 1. The Morgan fingerprint density at radius 3 is 2.50 bits per heavy atom. The Labute approximate surface area is 114 Å². The summed E-state index contributed by atoms with van der Waals surface area (Å²) in [7, 11) is 0. The van der Waals surface area contributed by atoms with E-state index in [1.165, 1.54) is 6.92 Å². The summed E-state index contributed by atoms with van der Waals surface area (Å²) in [5.41, 5.74) is 0.524. The van der Waals surface area contributed by atoms with Gasteiger partial charge < -0.3 is 5.32 Å². The molecule has 0 aromatic heterocycles. The van der Waals surface area contributed by atoms with Crippen LogP contribution in [0.25, 0.3) is 0 Å². The largest absolute Gasteiger partial charge is 0.324 e. The van der Waals surface area contributed by atoms with E-state index in [0.29, 0.717) is 15.7 Å². The number of carbonyl (C=O) groups excluding carboxylic acids is 1. The summed E-state index contributed by atoms with van der Waals surface area (Å²) in [6, 6.07) is 4.77. The smallest absolute Gasteiger partial charge is 0.246 e. The fraction of sp³-hybridized carbons (Fsp3) is 0.300. The number of halogens is 4. The molecule has 88 valence electrons. The molecule has 0 saturated carbocycles. The van der Waals surface area contributed by atoms with Gasteiger partial charge in [-0.15, -0.1) is 23.2 Å². The van der Waals surface area contributed by atoms with Crippen LogP contribution < -0.4 is 5.32 Å². The molecule has 1 amide bonds. The average molecular weight is 301 g/mol. The molecule has 1 aromatic rings. The summed E-state index contributed by atoms with van der Waals surface area (Å²) >= 11 is 23.0. The van der Waals surface area contributed by atoms with Crippen LogP contribution >= 0.6 is 46.4 Å². The quantitative estimate of drug-likeness (QED) is 0.834. The maximum atomic E-state index is 11.7. The second-order valence-corrected chi connectivity index (χ2v) is 5.33. The van der Waals surface area contributed by atoms with E-state index < -0.39 is 4.87 Å². The molecule has 1 atom stereocenters. The van der Waals surface area contributed by atoms with Crippen molar-refractivity contribution in [1.29, 1.82) is 0 Å². The van der Waals surface area contributed by atoms with Crippen molar-refractivity contribution in [2.45, 2.75) is 11.8 Å². The highest BCUT2D eigenvalue weighted by Gasteiger charge is 2.29. The van der Waals surface area contributed by atoms with Gasteiger partial charge in [0.05, 0.1) is 15.9 Å². The van der Waals surface area contributed by atoms with Crippen LogP contribution in [0, 0.1) is 0 Å². The van der Waals surface area contributed by atoms with Crippen molar-refractivity contribution in [2.24, 2.45) is 0 Å². The maximum Gasteiger partial charge on any atom is 0.246 e. The molecule has 1 rings (SSSR count). The topological polar surface area (TPSA) is 29.1 Å². The van der Waals surface area contributed by atoms with Crippen molar-refractivity contribution in [1.82, 2.24) is 0 Å². The molecule has 2 nitrogen and oxygen atoms in total. The van der Waals surface area contributed by atoms with Gasteiger partial charge >= 0.3 is 0 Å². The molecule has 0 spiro atoms. The van der Waals surface area contributed by atoms with Crippen LogP contribution in [0.4, 0.5) is 5.69 Å². The lowest BCUT2D eigenvalue weighted by molar-refractivity contribution is -0.117. The van der Waals surface area contributed by atoms with Gasteiger partial charge in [0.25, 0.3) is 0 Å². The lowest BCUT2D eigenvalue weighted by atomic mass is 10.2. The Morgan fingerprint density at radius 2 is 2.00 bits per heavy atom. The van der Waals surface area contributed by atoms with Crippen molar-refractivity contribution in [2.75, 3.05) is 11.2 Å². The Bertz CT molecular complexity index is 406. The number of rotatable bonds is 3. The van der Waals surface area contributed by atoms with Gasteiger partial charge in [-0.2, -0.15) is 0 Å². The number of anilines is 1. The zero-order chi connectivity index (χ0) is 12.3. The summed E-state index contributed by atoms with van der Waals surface area (Å²) < 4.78 is 0. The summed E-state index contributed by atoms with van der Waals surface area (Å²) in [6.07, 6.45) is 0. The highest BCUT2D eigenvalue weighted by Crippen LogP contribution is 2.26. The Morgan fingerprint density at radius 1 is 1.38 bits per heavy atom. The van der Waals surface area contributed by atoms with Crippen LogP contribution in [0.15, 0.2) is 18.2 Å². The molecule has 0 radical (unpaired) electrons. The first-order valence-corrected chi connectivity index (χ1v) is 6.05. The second-order valence-electron chi connectivity index (χ2n) is 3.41. The highest BCUT2D eigenvalue weighted by atomic mass is 35.5. The van der Waals surface area contributed by atoms with Crippen molar-refractivity contribution in [3.05, 3.63) is 28.2 Å². The molecule has 0 unspecified atom stereocenters. The molecular formula is C10H9Cl4NO. The third-order valence-corrected chi connectivity index (χ3v) is 3.62. The van der Waals surface area contributed by atoms with Gasteiger partial charge in [0.15, 0.2) is 0 Å². The first-order valence-electron chi connectivity index (χ1n) is 4.38. The van der Waals surface area contributed by atoms with Gasteiger partial charge in [-0.1, -0.05) is 23.2 Å². The van der Waals surface area contributed by atoms with E-state index in [1.54, 1.807) is 18.2 Å². The van der Waals surface area contributed by atoms with Crippen molar-refractivity contribution in [3.63, 3.8) is 0 Å². The lowest BCUT2D eigenvalue weighted by Gasteiger charge is -2.18. The third-order valence-electron chi connectivity index (χ3n) is 1.90. The van der Waals surface area contributed by atoms with Gasteiger partial charge in [0.1, 0.15) is 4.87 Å². The summed E-state index contributed by atoms with van der Waals surface area (Å²) in [5, 5.41) is 3.39. The van der Waals surface area contributed by atoms with E-state index in [-0.39, 0.29) is 11.8 Å². The normalized spacial score (nSPS) is 14.3. The molecule has 0 heterocycles. The minimum absolute atomic E-state index is 0.0156. The van der Waals surface area contributed by atoms with Gasteiger partial charge in [-0.05, 0) is 25.1 Å². The summed E-state index contributed by atoms with van der Waals surface area (Å²) in [6.45, 7) is 1.54. The standard InChI is InChI=1S/C10H9Cl4NO/c1-10(14,5-11)9(16)15-6-2-3-7(12)8(13)4-6/h2-4H,5H2,1H3,(H,15,16)/t10-/m0/s1. The average Bonchev–Trinajstić information content (AvgIpc) is 2.23. The Hall–Kier alpha value is -0.150. The second kappa shape index (κ2) is 5.46. The van der Waals surface area contributed by atoms with Gasteiger partial charge in [0.2, 0.25) is 5.91 Å². The van der Waals surface area contributed by atoms with Crippen LogP contribution in [0.5, 0.6) is 0 Å². The summed E-state index contributed by atoms with van der Waals surface area (Å²) in [5.74, 6) is -0.371. The molecule has 0 aliphatic carbocycles. The van der Waals surface area contributed by atoms with Crippen LogP contribution in [0.2, 0.25) is 10.0 Å². The molecule has 0 aliphatic heterocycles. The fourth-order valence-electron chi connectivity index (χ4n) is 0.896. The van der Waals surface area contributed by atoms with Crippen molar-refractivity contribution in [3.8, 4) is 0 Å². The predicted octanol–water partition coefficient (Wildman–Crippen LogP) is 4.17. The Balaban J connectivity index is 2.82. The molecule has 0 saturated heterocycles. The van der Waals surface area contributed by atoms with E-state index >= 15 is 0 Å². The van der Waals surface area contributed by atoms with Gasteiger partial charge in [-0.3, -0.25) is 4.79 Å². The molecule has 1 aromatic carbocycles. The molecule has 0 aliphatic rings. The van der Waals surface area contributed by atoms with Crippen LogP contribution in [0.1, 0.15) is 6.92 Å².